The maximum atomic E-state index is 9.25. The van der Waals surface area contributed by atoms with E-state index >= 15 is 0 Å². The minimum Gasteiger partial charge on any atom is -0.396 e. The molecule has 0 aliphatic carbocycles. The first-order valence-electron chi connectivity index (χ1n) is 4.86. The SMILES string of the molecule is CCCCCN(O)CCCCO. The third-order valence-electron chi connectivity index (χ3n) is 1.84. The van der Waals surface area contributed by atoms with E-state index in [1.165, 1.54) is 17.9 Å². The first-order chi connectivity index (χ1) is 5.81. The number of unbranched alkanes of at least 4 members (excludes halogenated alkanes) is 3. The number of aliphatic hydroxyl groups excluding tert-OH is 1. The number of hydroxylamine groups is 2. The van der Waals surface area contributed by atoms with Gasteiger partial charge in [0.1, 0.15) is 0 Å². The van der Waals surface area contributed by atoms with Crippen LogP contribution >= 0.6 is 0 Å². The van der Waals surface area contributed by atoms with Crippen LogP contribution in [0.3, 0.4) is 0 Å². The van der Waals surface area contributed by atoms with Crippen molar-refractivity contribution in [1.82, 2.24) is 5.06 Å². The van der Waals surface area contributed by atoms with Crippen molar-refractivity contribution in [2.45, 2.75) is 39.0 Å². The highest BCUT2D eigenvalue weighted by Gasteiger charge is 1.98. The van der Waals surface area contributed by atoms with E-state index in [2.05, 4.69) is 6.92 Å². The van der Waals surface area contributed by atoms with Gasteiger partial charge in [0.2, 0.25) is 0 Å². The van der Waals surface area contributed by atoms with Gasteiger partial charge in [0.05, 0.1) is 0 Å². The molecule has 0 bridgehead atoms. The molecule has 0 saturated heterocycles. The summed E-state index contributed by atoms with van der Waals surface area (Å²) in [5.41, 5.74) is 0. The number of hydrogen-bond acceptors (Lipinski definition) is 3. The Balaban J connectivity index is 3.04. The summed E-state index contributed by atoms with van der Waals surface area (Å²) in [6.07, 6.45) is 5.08. The van der Waals surface area contributed by atoms with Crippen molar-refractivity contribution in [2.75, 3.05) is 19.7 Å². The molecule has 0 aromatic rings. The normalized spacial score (nSPS) is 11.0. The molecule has 0 aliphatic heterocycles. The Kier molecular flexibility index (Phi) is 8.88. The minimum atomic E-state index is 0.225. The molecule has 0 rings (SSSR count). The van der Waals surface area contributed by atoms with Gasteiger partial charge in [0.15, 0.2) is 0 Å². The van der Waals surface area contributed by atoms with Crippen molar-refractivity contribution in [2.24, 2.45) is 0 Å². The van der Waals surface area contributed by atoms with Crippen LogP contribution in [-0.4, -0.2) is 35.1 Å². The van der Waals surface area contributed by atoms with Gasteiger partial charge < -0.3 is 10.3 Å². The molecule has 0 amide bonds. The number of aliphatic hydroxyl groups is 1. The second-order valence-corrected chi connectivity index (χ2v) is 3.09. The lowest BCUT2D eigenvalue weighted by Gasteiger charge is -2.13. The molecule has 12 heavy (non-hydrogen) atoms. The fourth-order valence-electron chi connectivity index (χ4n) is 1.06. The van der Waals surface area contributed by atoms with Gasteiger partial charge in [-0.05, 0) is 19.3 Å². The highest BCUT2D eigenvalue weighted by molar-refractivity contribution is 4.47. The van der Waals surface area contributed by atoms with E-state index in [0.717, 1.165) is 25.8 Å². The molecule has 0 aromatic heterocycles. The van der Waals surface area contributed by atoms with Crippen molar-refractivity contribution >= 4 is 0 Å². The lowest BCUT2D eigenvalue weighted by molar-refractivity contribution is -0.0927. The van der Waals surface area contributed by atoms with Gasteiger partial charge >= 0.3 is 0 Å². The van der Waals surface area contributed by atoms with Crippen LogP contribution in [0.2, 0.25) is 0 Å². The summed E-state index contributed by atoms with van der Waals surface area (Å²) in [6, 6.07) is 0. The topological polar surface area (TPSA) is 43.7 Å². The molecule has 0 spiro atoms. The number of hydrogen-bond donors (Lipinski definition) is 2. The fourth-order valence-corrected chi connectivity index (χ4v) is 1.06. The van der Waals surface area contributed by atoms with Gasteiger partial charge in [-0.1, -0.05) is 19.8 Å². The molecule has 0 radical (unpaired) electrons. The lowest BCUT2D eigenvalue weighted by Crippen LogP contribution is -2.21. The molecule has 0 unspecified atom stereocenters. The summed E-state index contributed by atoms with van der Waals surface area (Å²) >= 11 is 0. The second-order valence-electron chi connectivity index (χ2n) is 3.09. The first-order valence-corrected chi connectivity index (χ1v) is 4.86. The van der Waals surface area contributed by atoms with Gasteiger partial charge in [-0.25, -0.2) is 0 Å². The third-order valence-corrected chi connectivity index (χ3v) is 1.84. The molecule has 0 saturated carbocycles. The first kappa shape index (κ1) is 11.9. The molecule has 0 aliphatic rings. The van der Waals surface area contributed by atoms with Crippen LogP contribution < -0.4 is 0 Å². The van der Waals surface area contributed by atoms with Gasteiger partial charge in [-0.2, -0.15) is 5.06 Å². The van der Waals surface area contributed by atoms with Crippen molar-refractivity contribution in [3.63, 3.8) is 0 Å². The molecular formula is C9H21NO2. The lowest BCUT2D eigenvalue weighted by atomic mass is 10.2. The quantitative estimate of drug-likeness (QED) is 0.435. The second kappa shape index (κ2) is 8.97. The summed E-state index contributed by atoms with van der Waals surface area (Å²) in [5.74, 6) is 0. The maximum Gasteiger partial charge on any atom is 0.0431 e. The summed E-state index contributed by atoms with van der Waals surface area (Å²) in [4.78, 5) is 0. The average Bonchev–Trinajstić information content (AvgIpc) is 2.06. The third kappa shape index (κ3) is 7.98. The molecule has 0 heterocycles. The van der Waals surface area contributed by atoms with Crippen LogP contribution in [0.5, 0.6) is 0 Å². The predicted octanol–water partition coefficient (Wildman–Crippen LogP) is 1.64. The molecule has 74 valence electrons. The van der Waals surface area contributed by atoms with Crippen LogP contribution in [-0.2, 0) is 0 Å². The molecule has 0 atom stereocenters. The maximum absolute atomic E-state index is 9.25. The Labute approximate surface area is 75.0 Å². The van der Waals surface area contributed by atoms with Crippen LogP contribution in [0, 0.1) is 0 Å². The van der Waals surface area contributed by atoms with Crippen LogP contribution in [0.4, 0.5) is 0 Å². The van der Waals surface area contributed by atoms with E-state index in [1.807, 2.05) is 0 Å². The number of nitrogens with zero attached hydrogens (tertiary/aromatic N) is 1. The zero-order valence-corrected chi connectivity index (χ0v) is 8.00. The van der Waals surface area contributed by atoms with E-state index in [4.69, 9.17) is 5.11 Å². The largest absolute Gasteiger partial charge is 0.396 e. The molecule has 3 nitrogen and oxygen atoms in total. The average molecular weight is 175 g/mol. The highest BCUT2D eigenvalue weighted by atomic mass is 16.5. The van der Waals surface area contributed by atoms with Gasteiger partial charge in [0, 0.05) is 19.7 Å². The van der Waals surface area contributed by atoms with Crippen LogP contribution in [0.1, 0.15) is 39.0 Å². The molecule has 3 heteroatoms. The van der Waals surface area contributed by atoms with Crippen LogP contribution in [0.15, 0.2) is 0 Å². The van der Waals surface area contributed by atoms with E-state index in [9.17, 15) is 5.21 Å². The summed E-state index contributed by atoms with van der Waals surface area (Å²) in [5, 5.41) is 19.1. The predicted molar refractivity (Wildman–Crippen MR) is 49.2 cm³/mol. The van der Waals surface area contributed by atoms with Gasteiger partial charge in [0.25, 0.3) is 0 Å². The fraction of sp³-hybridized carbons (Fsp3) is 1.00. The monoisotopic (exact) mass is 175 g/mol. The van der Waals surface area contributed by atoms with E-state index in [0.29, 0.717) is 6.54 Å². The Morgan fingerprint density at radius 2 is 1.58 bits per heavy atom. The van der Waals surface area contributed by atoms with Crippen molar-refractivity contribution in [3.05, 3.63) is 0 Å². The summed E-state index contributed by atoms with van der Waals surface area (Å²) in [6.45, 7) is 3.82. The minimum absolute atomic E-state index is 0.225. The zero-order chi connectivity index (χ0) is 9.23. The van der Waals surface area contributed by atoms with Crippen LogP contribution in [0.25, 0.3) is 0 Å². The van der Waals surface area contributed by atoms with E-state index in [-0.39, 0.29) is 6.61 Å². The molecule has 2 N–H and O–H groups in total. The van der Waals surface area contributed by atoms with Crippen molar-refractivity contribution in [3.8, 4) is 0 Å². The van der Waals surface area contributed by atoms with Gasteiger partial charge in [-0.15, -0.1) is 0 Å². The van der Waals surface area contributed by atoms with Crippen molar-refractivity contribution < 1.29 is 10.3 Å². The van der Waals surface area contributed by atoms with E-state index < -0.39 is 0 Å². The smallest absolute Gasteiger partial charge is 0.0431 e. The summed E-state index contributed by atoms with van der Waals surface area (Å²) < 4.78 is 0. The highest BCUT2D eigenvalue weighted by Crippen LogP contribution is 1.97. The summed E-state index contributed by atoms with van der Waals surface area (Å²) in [7, 11) is 0. The molecule has 0 fully saturated rings. The Bertz CT molecular complexity index is 78.6. The van der Waals surface area contributed by atoms with E-state index in [1.54, 1.807) is 0 Å². The standard InChI is InChI=1S/C9H21NO2/c1-2-3-4-7-10(12)8-5-6-9-11/h11-12H,2-9H2,1H3. The molecule has 0 aromatic carbocycles. The Morgan fingerprint density at radius 3 is 2.08 bits per heavy atom. The number of rotatable bonds is 8. The Hall–Kier alpha value is -0.120. The Morgan fingerprint density at radius 1 is 1.00 bits per heavy atom. The van der Waals surface area contributed by atoms with Gasteiger partial charge in [-0.3, -0.25) is 0 Å². The van der Waals surface area contributed by atoms with Crippen molar-refractivity contribution in [1.29, 1.82) is 0 Å². The zero-order valence-electron chi connectivity index (χ0n) is 8.00. The molecular weight excluding hydrogens is 154 g/mol.